The molecular weight excluding hydrogens is 811 g/mol. The van der Waals surface area contributed by atoms with Crippen LogP contribution in [0, 0.1) is 18.8 Å². The lowest BCUT2D eigenvalue weighted by Crippen LogP contribution is -2.36. The van der Waals surface area contributed by atoms with Gasteiger partial charge in [-0.2, -0.15) is 5.10 Å². The van der Waals surface area contributed by atoms with Gasteiger partial charge in [-0.05, 0) is 64.1 Å². The zero-order valence-corrected chi connectivity index (χ0v) is 35.9. The van der Waals surface area contributed by atoms with E-state index in [1.54, 1.807) is 40.7 Å². The number of carbonyl (C=O) groups is 4. The summed E-state index contributed by atoms with van der Waals surface area (Å²) in [5.74, 6) is 4.60. The minimum Gasteiger partial charge on any atom is -0.494 e. The number of morpholine rings is 1. The van der Waals surface area contributed by atoms with Crippen molar-refractivity contribution in [2.75, 3.05) is 63.7 Å². The molecule has 0 spiro atoms. The summed E-state index contributed by atoms with van der Waals surface area (Å²) in [7, 11) is 1.45. The second-order valence-corrected chi connectivity index (χ2v) is 14.4. The van der Waals surface area contributed by atoms with Crippen LogP contribution in [0.2, 0.25) is 0 Å². The number of aliphatic imine (C=N–C) groups is 1. The summed E-state index contributed by atoms with van der Waals surface area (Å²) in [6.07, 6.45) is 5.09. The first kappa shape index (κ1) is 45.0. The van der Waals surface area contributed by atoms with Gasteiger partial charge in [0.1, 0.15) is 40.5 Å². The van der Waals surface area contributed by atoms with Crippen LogP contribution in [-0.4, -0.2) is 116 Å². The molecule has 3 aromatic heterocycles. The monoisotopic (exact) mass is 861 g/mol. The van der Waals surface area contributed by atoms with Crippen molar-refractivity contribution in [1.29, 1.82) is 0 Å². The number of imidazole rings is 2. The number of ether oxygens (including phenoxy) is 3. The highest BCUT2D eigenvalue weighted by atomic mass is 16.5. The Morgan fingerprint density at radius 2 is 1.48 bits per heavy atom. The highest BCUT2D eigenvalue weighted by Gasteiger charge is 2.23. The molecule has 20 heteroatoms. The third-order valence-corrected chi connectivity index (χ3v) is 9.79. The first-order valence-corrected chi connectivity index (χ1v) is 20.2. The number of amides is 4. The summed E-state index contributed by atoms with van der Waals surface area (Å²) in [6, 6.07) is 7.73. The smallest absolute Gasteiger partial charge is 0.276 e. The SMILES string of the molecule is CCN=C(/C=C(/C)N)C(=O)Nc1nc2cc(C(N)=O)cc(OCC#CCN3CCOCC3)c2n1C/C=C/Cn1c(NC(=O)c2cc(C)nn2CC)nc2cc(C(N)=O)cc(OC)c21. The molecule has 330 valence electrons. The quantitative estimate of drug-likeness (QED) is 0.0513. The standard InChI is InChI=1S/C43H51N13O7/c1-6-47-32(20-26(3)44)40(59)50-42-49-31-23-29(39(46)58)25-35(63-17-11-10-12-53-15-18-62-19-16-53)37(31)55(42)14-9-8-13-54-36-30(22-28(38(45)57)24-34(36)61-5)48-43(54)51-41(60)33-21-27(4)52-56(33)7-2/h8-9,20-25H,6-7,12-19,44H2,1-5H3,(H2,45,57)(H2,46,58)(H,48,51,60)(H,49,50,59)/b9-8+,26-20-,47-32?. The molecule has 1 aliphatic rings. The summed E-state index contributed by atoms with van der Waals surface area (Å²) in [5, 5.41) is 10.1. The fourth-order valence-electron chi connectivity index (χ4n) is 6.88. The number of nitrogens with zero attached hydrogens (tertiary/aromatic N) is 8. The molecule has 0 radical (unpaired) electrons. The largest absolute Gasteiger partial charge is 0.494 e. The fourth-order valence-corrected chi connectivity index (χ4v) is 6.88. The van der Waals surface area contributed by atoms with Crippen LogP contribution >= 0.6 is 0 Å². The molecular formula is C43H51N13O7. The summed E-state index contributed by atoms with van der Waals surface area (Å²) in [5.41, 5.74) is 20.7. The predicted molar refractivity (Wildman–Crippen MR) is 238 cm³/mol. The van der Waals surface area contributed by atoms with Gasteiger partial charge in [0.15, 0.2) is 0 Å². The Morgan fingerprint density at radius 3 is 2.05 bits per heavy atom. The number of allylic oxidation sites excluding steroid dienone is 3. The molecule has 63 heavy (non-hydrogen) atoms. The normalized spacial score (nSPS) is 13.6. The number of methoxy groups -OCH3 is 1. The van der Waals surface area contributed by atoms with Crippen LogP contribution in [0.4, 0.5) is 11.9 Å². The minimum atomic E-state index is -0.704. The number of aromatic nitrogens is 6. The van der Waals surface area contributed by atoms with Crippen molar-refractivity contribution >= 4 is 63.3 Å². The van der Waals surface area contributed by atoms with E-state index in [1.807, 2.05) is 19.1 Å². The van der Waals surface area contributed by atoms with E-state index in [-0.39, 0.29) is 54.2 Å². The molecule has 20 nitrogen and oxygen atoms in total. The summed E-state index contributed by atoms with van der Waals surface area (Å²) in [6.45, 7) is 11.5. The number of nitrogens with one attached hydrogen (secondary N) is 2. The average Bonchev–Trinajstić information content (AvgIpc) is 3.93. The Kier molecular flexibility index (Phi) is 14.6. The second-order valence-electron chi connectivity index (χ2n) is 14.4. The Bertz CT molecular complexity index is 2700. The van der Waals surface area contributed by atoms with Crippen molar-refractivity contribution in [2.24, 2.45) is 22.2 Å². The van der Waals surface area contributed by atoms with Gasteiger partial charge in [0.05, 0.1) is 43.6 Å². The first-order valence-electron chi connectivity index (χ1n) is 20.2. The Morgan fingerprint density at radius 1 is 0.873 bits per heavy atom. The van der Waals surface area contributed by atoms with Gasteiger partial charge >= 0.3 is 0 Å². The molecule has 4 heterocycles. The van der Waals surface area contributed by atoms with E-state index >= 15 is 0 Å². The zero-order valence-electron chi connectivity index (χ0n) is 35.9. The first-order chi connectivity index (χ1) is 30.3. The lowest BCUT2D eigenvalue weighted by atomic mass is 10.1. The zero-order chi connectivity index (χ0) is 45.2. The highest BCUT2D eigenvalue weighted by molar-refractivity contribution is 6.47. The summed E-state index contributed by atoms with van der Waals surface area (Å²) < 4.78 is 22.3. The molecule has 1 saturated heterocycles. The molecule has 1 aliphatic heterocycles. The van der Waals surface area contributed by atoms with Gasteiger partial charge in [-0.15, -0.1) is 0 Å². The van der Waals surface area contributed by atoms with Gasteiger partial charge in [0.25, 0.3) is 11.8 Å². The Labute approximate surface area is 363 Å². The van der Waals surface area contributed by atoms with Gasteiger partial charge in [-0.3, -0.25) is 44.4 Å². The number of nitrogens with two attached hydrogens (primary N) is 3. The fraction of sp³-hybridized carbons (Fsp3) is 0.349. The summed E-state index contributed by atoms with van der Waals surface area (Å²) in [4.78, 5) is 68.0. The number of primary amides is 2. The molecule has 6 rings (SSSR count). The molecule has 0 bridgehead atoms. The second kappa shape index (κ2) is 20.4. The van der Waals surface area contributed by atoms with Crippen molar-refractivity contribution in [3.8, 4) is 23.3 Å². The van der Waals surface area contributed by atoms with Crippen LogP contribution in [0.15, 0.2) is 59.2 Å². The number of anilines is 2. The van der Waals surface area contributed by atoms with Gasteiger partial charge in [-0.25, -0.2) is 9.97 Å². The number of rotatable bonds is 17. The number of benzene rings is 2. The Balaban J connectivity index is 1.39. The molecule has 0 aliphatic carbocycles. The number of hydrogen-bond acceptors (Lipinski definition) is 13. The van der Waals surface area contributed by atoms with Crippen LogP contribution in [-0.2, 0) is 29.2 Å². The highest BCUT2D eigenvalue weighted by Crippen LogP contribution is 2.33. The van der Waals surface area contributed by atoms with E-state index in [9.17, 15) is 19.2 Å². The van der Waals surface area contributed by atoms with Gasteiger partial charge in [0, 0.05) is 56.1 Å². The molecule has 2 aromatic carbocycles. The van der Waals surface area contributed by atoms with E-state index < -0.39 is 23.6 Å². The van der Waals surface area contributed by atoms with Crippen LogP contribution < -0.4 is 37.3 Å². The third-order valence-electron chi connectivity index (χ3n) is 9.79. The average molecular weight is 862 g/mol. The van der Waals surface area contributed by atoms with Crippen molar-refractivity contribution < 1.29 is 33.4 Å². The van der Waals surface area contributed by atoms with E-state index in [4.69, 9.17) is 36.4 Å². The molecule has 0 atom stereocenters. The van der Waals surface area contributed by atoms with Crippen LogP contribution in [0.1, 0.15) is 57.7 Å². The third kappa shape index (κ3) is 10.7. The lowest BCUT2D eigenvalue weighted by Gasteiger charge is -2.24. The van der Waals surface area contributed by atoms with E-state index in [0.29, 0.717) is 77.7 Å². The maximum atomic E-state index is 13.7. The number of aryl methyl sites for hydroxylation is 2. The van der Waals surface area contributed by atoms with Crippen molar-refractivity contribution in [1.82, 2.24) is 33.8 Å². The maximum absolute atomic E-state index is 13.7. The lowest BCUT2D eigenvalue weighted by molar-refractivity contribution is -0.110. The Hall–Kier alpha value is -7.50. The molecule has 4 amide bonds. The van der Waals surface area contributed by atoms with Crippen molar-refractivity contribution in [3.63, 3.8) is 0 Å². The summed E-state index contributed by atoms with van der Waals surface area (Å²) >= 11 is 0. The molecule has 1 fully saturated rings. The van der Waals surface area contributed by atoms with E-state index in [2.05, 4.69) is 42.4 Å². The maximum Gasteiger partial charge on any atom is 0.276 e. The molecule has 0 saturated carbocycles. The van der Waals surface area contributed by atoms with E-state index in [1.165, 1.54) is 37.5 Å². The van der Waals surface area contributed by atoms with Crippen molar-refractivity contribution in [3.05, 3.63) is 76.8 Å². The molecule has 0 unspecified atom stereocenters. The van der Waals surface area contributed by atoms with Crippen molar-refractivity contribution in [2.45, 2.75) is 47.3 Å². The predicted octanol–water partition coefficient (Wildman–Crippen LogP) is 2.60. The molecule has 5 aromatic rings. The van der Waals surface area contributed by atoms with Gasteiger partial charge in [0.2, 0.25) is 23.7 Å². The minimum absolute atomic E-state index is 0.0155. The van der Waals surface area contributed by atoms with Crippen LogP contribution in [0.25, 0.3) is 22.1 Å². The van der Waals surface area contributed by atoms with Crippen LogP contribution in [0.5, 0.6) is 11.5 Å². The number of hydrogen-bond donors (Lipinski definition) is 5. The van der Waals surface area contributed by atoms with Gasteiger partial charge < -0.3 is 40.5 Å². The topological polar surface area (TPSA) is 267 Å². The molecule has 8 N–H and O–H groups in total. The number of carbonyl (C=O) groups excluding carboxylic acids is 4. The van der Waals surface area contributed by atoms with E-state index in [0.717, 1.165) is 13.1 Å². The number of fused-ring (bicyclic) bond motifs is 2. The van der Waals surface area contributed by atoms with Gasteiger partial charge in [-0.1, -0.05) is 24.0 Å². The van der Waals surface area contributed by atoms with Crippen LogP contribution in [0.3, 0.4) is 0 Å².